The minimum Gasteiger partial charge on any atom is -0.481 e. The second-order valence-corrected chi connectivity index (χ2v) is 5.54. The maximum absolute atomic E-state index is 11.8. The van der Waals surface area contributed by atoms with Crippen LogP contribution in [0.2, 0.25) is 0 Å². The molecule has 4 N–H and O–H groups in total. The number of aliphatic carboxylic acids is 3. The second kappa shape index (κ2) is 9.83. The summed E-state index contributed by atoms with van der Waals surface area (Å²) in [6.45, 7) is 0. The summed E-state index contributed by atoms with van der Waals surface area (Å²) in [5, 5.41) is 33.8. The van der Waals surface area contributed by atoms with Gasteiger partial charge in [0, 0.05) is 11.1 Å². The third kappa shape index (κ3) is 7.09. The minimum atomic E-state index is -2.74. The standard InChI is InChI=1S/C13H10O.C6H8O7/c14-13(11-7-3-1-4-8-11)12-9-5-2-6-10-12;7-3(8)1-6(13,5(11)12)2-4(9)10/h1-10H;13H,1-2H2,(H,7,8)(H,9,10)(H,11,12). The van der Waals surface area contributed by atoms with Crippen LogP contribution in [0, 0.1) is 0 Å². The first kappa shape index (κ1) is 21.5. The van der Waals surface area contributed by atoms with E-state index in [1.807, 2.05) is 60.7 Å². The van der Waals surface area contributed by atoms with Gasteiger partial charge in [0.1, 0.15) is 0 Å². The third-order valence-corrected chi connectivity index (χ3v) is 3.36. The van der Waals surface area contributed by atoms with Crippen LogP contribution in [-0.4, -0.2) is 49.7 Å². The maximum atomic E-state index is 11.8. The van der Waals surface area contributed by atoms with Crippen molar-refractivity contribution in [1.29, 1.82) is 0 Å². The Kier molecular flexibility index (Phi) is 7.84. The Labute approximate surface area is 154 Å². The molecule has 0 unspecified atom stereocenters. The molecule has 8 heteroatoms. The lowest BCUT2D eigenvalue weighted by molar-refractivity contribution is -0.170. The monoisotopic (exact) mass is 374 g/mol. The van der Waals surface area contributed by atoms with Crippen LogP contribution in [0.3, 0.4) is 0 Å². The van der Waals surface area contributed by atoms with Gasteiger partial charge in [0.05, 0.1) is 12.8 Å². The van der Waals surface area contributed by atoms with Gasteiger partial charge < -0.3 is 20.4 Å². The summed E-state index contributed by atoms with van der Waals surface area (Å²) < 4.78 is 0. The van der Waals surface area contributed by atoms with Gasteiger partial charge in [-0.25, -0.2) is 4.79 Å². The summed E-state index contributed by atoms with van der Waals surface area (Å²) in [6.07, 6.45) is -2.29. The van der Waals surface area contributed by atoms with E-state index in [0.29, 0.717) is 0 Å². The van der Waals surface area contributed by atoms with Crippen LogP contribution in [0.5, 0.6) is 0 Å². The number of hydrogen-bond acceptors (Lipinski definition) is 5. The van der Waals surface area contributed by atoms with Crippen LogP contribution >= 0.6 is 0 Å². The van der Waals surface area contributed by atoms with Gasteiger partial charge in [-0.05, 0) is 0 Å². The van der Waals surface area contributed by atoms with Crippen molar-refractivity contribution in [2.75, 3.05) is 0 Å². The molecule has 2 aromatic carbocycles. The molecule has 0 heterocycles. The molecule has 0 saturated carbocycles. The van der Waals surface area contributed by atoms with Crippen molar-refractivity contribution in [3.8, 4) is 0 Å². The molecular formula is C19H18O8. The molecule has 0 aliphatic rings. The molecule has 0 atom stereocenters. The lowest BCUT2D eigenvalue weighted by Gasteiger charge is -2.18. The molecule has 0 aliphatic carbocycles. The predicted molar refractivity (Wildman–Crippen MR) is 93.4 cm³/mol. The highest BCUT2D eigenvalue weighted by Gasteiger charge is 2.40. The lowest BCUT2D eigenvalue weighted by atomic mass is 9.96. The average Bonchev–Trinajstić information content (AvgIpc) is 2.61. The summed E-state index contributed by atoms with van der Waals surface area (Å²) in [6, 6.07) is 18.6. The number of benzene rings is 2. The molecule has 0 amide bonds. The highest BCUT2D eigenvalue weighted by molar-refractivity contribution is 6.08. The fraction of sp³-hybridized carbons (Fsp3) is 0.158. The first-order valence-electron chi connectivity index (χ1n) is 7.70. The van der Waals surface area contributed by atoms with Crippen molar-refractivity contribution in [2.45, 2.75) is 18.4 Å². The van der Waals surface area contributed by atoms with Crippen molar-refractivity contribution in [2.24, 2.45) is 0 Å². The van der Waals surface area contributed by atoms with Crippen LogP contribution in [0.15, 0.2) is 60.7 Å². The highest BCUT2D eigenvalue weighted by Crippen LogP contribution is 2.15. The minimum absolute atomic E-state index is 0.0752. The summed E-state index contributed by atoms with van der Waals surface area (Å²) in [4.78, 5) is 42.3. The zero-order chi connectivity index (χ0) is 20.4. The lowest BCUT2D eigenvalue weighted by Crippen LogP contribution is -2.42. The van der Waals surface area contributed by atoms with Gasteiger partial charge in [-0.3, -0.25) is 14.4 Å². The predicted octanol–water partition coefficient (Wildman–Crippen LogP) is 1.67. The van der Waals surface area contributed by atoms with E-state index < -0.39 is 36.4 Å². The number of carboxylic acid groups (broad SMARTS) is 3. The zero-order valence-electron chi connectivity index (χ0n) is 14.1. The SMILES string of the molecule is O=C(O)CC(O)(CC(=O)O)C(=O)O.O=C(c1ccccc1)c1ccccc1. The van der Waals surface area contributed by atoms with E-state index >= 15 is 0 Å². The van der Waals surface area contributed by atoms with Gasteiger partial charge in [-0.1, -0.05) is 60.7 Å². The van der Waals surface area contributed by atoms with E-state index in [1.54, 1.807) is 0 Å². The van der Waals surface area contributed by atoms with E-state index in [9.17, 15) is 19.2 Å². The highest BCUT2D eigenvalue weighted by atomic mass is 16.4. The first-order chi connectivity index (χ1) is 12.7. The smallest absolute Gasteiger partial charge is 0.336 e. The Balaban J connectivity index is 0.000000271. The Hall–Kier alpha value is -3.52. The van der Waals surface area contributed by atoms with Crippen LogP contribution < -0.4 is 0 Å². The number of carboxylic acids is 3. The van der Waals surface area contributed by atoms with Crippen molar-refractivity contribution in [1.82, 2.24) is 0 Å². The third-order valence-electron chi connectivity index (χ3n) is 3.36. The fourth-order valence-corrected chi connectivity index (χ4v) is 2.06. The van der Waals surface area contributed by atoms with Crippen molar-refractivity contribution in [3.05, 3.63) is 71.8 Å². The molecule has 2 aromatic rings. The number of hydrogen-bond donors (Lipinski definition) is 4. The van der Waals surface area contributed by atoms with Crippen molar-refractivity contribution in [3.63, 3.8) is 0 Å². The molecule has 0 saturated heterocycles. The van der Waals surface area contributed by atoms with Crippen LogP contribution in [0.25, 0.3) is 0 Å². The molecule has 142 valence electrons. The Bertz CT molecular complexity index is 741. The Morgan fingerprint density at radius 1 is 0.667 bits per heavy atom. The molecule has 0 fully saturated rings. The van der Waals surface area contributed by atoms with Gasteiger partial charge in [-0.15, -0.1) is 0 Å². The molecule has 8 nitrogen and oxygen atoms in total. The molecule has 0 aliphatic heterocycles. The summed E-state index contributed by atoms with van der Waals surface area (Å²) in [7, 11) is 0. The Morgan fingerprint density at radius 3 is 1.26 bits per heavy atom. The van der Waals surface area contributed by atoms with E-state index in [-0.39, 0.29) is 5.78 Å². The van der Waals surface area contributed by atoms with E-state index in [0.717, 1.165) is 11.1 Å². The number of rotatable bonds is 7. The quantitative estimate of drug-likeness (QED) is 0.535. The van der Waals surface area contributed by atoms with Gasteiger partial charge in [0.2, 0.25) is 0 Å². The van der Waals surface area contributed by atoms with Gasteiger partial charge >= 0.3 is 17.9 Å². The van der Waals surface area contributed by atoms with E-state index in [2.05, 4.69) is 0 Å². The molecule has 0 aromatic heterocycles. The zero-order valence-corrected chi connectivity index (χ0v) is 14.1. The summed E-state index contributed by atoms with van der Waals surface area (Å²) in [5.41, 5.74) is -1.27. The van der Waals surface area contributed by atoms with E-state index in [1.165, 1.54) is 0 Å². The van der Waals surface area contributed by atoms with E-state index in [4.69, 9.17) is 20.4 Å². The number of aliphatic hydroxyl groups is 1. The van der Waals surface area contributed by atoms with Crippen LogP contribution in [0.1, 0.15) is 28.8 Å². The normalized spacial score (nSPS) is 10.3. The molecule has 2 rings (SSSR count). The van der Waals surface area contributed by atoms with Crippen molar-refractivity contribution < 1.29 is 39.6 Å². The number of ketones is 1. The van der Waals surface area contributed by atoms with Crippen molar-refractivity contribution >= 4 is 23.7 Å². The largest absolute Gasteiger partial charge is 0.481 e. The molecule has 0 radical (unpaired) electrons. The molecule has 0 bridgehead atoms. The maximum Gasteiger partial charge on any atom is 0.336 e. The second-order valence-electron chi connectivity index (χ2n) is 5.54. The number of carbonyl (C=O) groups excluding carboxylic acids is 1. The molecular weight excluding hydrogens is 356 g/mol. The van der Waals surface area contributed by atoms with Crippen LogP contribution in [-0.2, 0) is 14.4 Å². The van der Waals surface area contributed by atoms with Gasteiger partial charge in [0.25, 0.3) is 0 Å². The molecule has 0 spiro atoms. The molecule has 27 heavy (non-hydrogen) atoms. The van der Waals surface area contributed by atoms with Gasteiger partial charge in [-0.2, -0.15) is 0 Å². The number of carbonyl (C=O) groups is 4. The van der Waals surface area contributed by atoms with Crippen LogP contribution in [0.4, 0.5) is 0 Å². The fourth-order valence-electron chi connectivity index (χ4n) is 2.06. The topological polar surface area (TPSA) is 149 Å². The Morgan fingerprint density at radius 2 is 1.00 bits per heavy atom. The first-order valence-corrected chi connectivity index (χ1v) is 7.70. The summed E-state index contributed by atoms with van der Waals surface area (Å²) in [5.74, 6) is -4.94. The van der Waals surface area contributed by atoms with Gasteiger partial charge in [0.15, 0.2) is 11.4 Å². The average molecular weight is 374 g/mol. The summed E-state index contributed by atoms with van der Waals surface area (Å²) >= 11 is 0.